The monoisotopic (exact) mass is 352 g/mol. The highest BCUT2D eigenvalue weighted by molar-refractivity contribution is 8.14. The highest BCUT2D eigenvalue weighted by Gasteiger charge is 2.21. The molecule has 3 nitrogen and oxygen atoms in total. The van der Waals surface area contributed by atoms with Gasteiger partial charge in [-0.25, -0.2) is 0 Å². The van der Waals surface area contributed by atoms with Crippen molar-refractivity contribution < 1.29 is 4.79 Å². The Morgan fingerprint density at radius 2 is 1.92 bits per heavy atom. The molecule has 2 aromatic rings. The second-order valence-electron chi connectivity index (χ2n) is 6.53. The molecule has 0 aromatic heterocycles. The van der Waals surface area contributed by atoms with Gasteiger partial charge < -0.3 is 4.90 Å². The predicted octanol–water partition coefficient (Wildman–Crippen LogP) is 4.79. The van der Waals surface area contributed by atoms with Crippen LogP contribution in [-0.4, -0.2) is 29.8 Å². The summed E-state index contributed by atoms with van der Waals surface area (Å²) in [6.07, 6.45) is 1.10. The molecular weight excluding hydrogens is 328 g/mol. The number of anilines is 1. The van der Waals surface area contributed by atoms with Crippen molar-refractivity contribution in [1.82, 2.24) is 0 Å². The number of hydrogen-bond donors (Lipinski definition) is 0. The standard InChI is InChI=1S/C21H24N2OS/c1-15-6-4-7-18(13-15)23(21-22-10-5-11-25-21)14-20(24)19-9-8-16(2)12-17(19)3/h4,6-9,12-13H,5,10-11,14H2,1-3H3. The maximum Gasteiger partial charge on any atom is 0.182 e. The zero-order chi connectivity index (χ0) is 17.8. The molecule has 25 heavy (non-hydrogen) atoms. The number of carbonyl (C=O) groups excluding carboxylic acids is 1. The van der Waals surface area contributed by atoms with Gasteiger partial charge in [0.2, 0.25) is 0 Å². The van der Waals surface area contributed by atoms with Crippen LogP contribution >= 0.6 is 11.8 Å². The first-order valence-corrected chi connectivity index (χ1v) is 9.65. The average molecular weight is 353 g/mol. The fourth-order valence-corrected chi connectivity index (χ4v) is 4.00. The maximum atomic E-state index is 13.0. The van der Waals surface area contributed by atoms with Crippen LogP contribution in [0.3, 0.4) is 0 Å². The SMILES string of the molecule is Cc1cccc(N(CC(=O)c2ccc(C)cc2C)C2=NCCCS2)c1. The van der Waals surface area contributed by atoms with E-state index in [2.05, 4.69) is 41.1 Å². The van der Waals surface area contributed by atoms with E-state index in [1.165, 1.54) is 11.1 Å². The van der Waals surface area contributed by atoms with E-state index in [1.54, 1.807) is 11.8 Å². The summed E-state index contributed by atoms with van der Waals surface area (Å²) in [5.74, 6) is 1.19. The van der Waals surface area contributed by atoms with Gasteiger partial charge in [0.15, 0.2) is 11.0 Å². The second-order valence-corrected chi connectivity index (χ2v) is 7.60. The first kappa shape index (κ1) is 17.7. The van der Waals surface area contributed by atoms with Crippen molar-refractivity contribution in [2.24, 2.45) is 4.99 Å². The van der Waals surface area contributed by atoms with Crippen molar-refractivity contribution in [2.45, 2.75) is 27.2 Å². The fourth-order valence-electron chi connectivity index (χ4n) is 3.03. The molecule has 0 saturated heterocycles. The molecule has 0 aliphatic carbocycles. The second kappa shape index (κ2) is 7.87. The lowest BCUT2D eigenvalue weighted by Gasteiger charge is -2.27. The predicted molar refractivity (Wildman–Crippen MR) is 108 cm³/mol. The smallest absolute Gasteiger partial charge is 0.182 e. The number of thioether (sulfide) groups is 1. The number of carbonyl (C=O) groups is 1. The number of rotatable bonds is 4. The summed E-state index contributed by atoms with van der Waals surface area (Å²) in [5.41, 5.74) is 5.23. The molecule has 0 saturated carbocycles. The number of amidine groups is 1. The topological polar surface area (TPSA) is 32.7 Å². The maximum absolute atomic E-state index is 13.0. The third-order valence-electron chi connectivity index (χ3n) is 4.31. The van der Waals surface area contributed by atoms with E-state index >= 15 is 0 Å². The molecule has 130 valence electrons. The van der Waals surface area contributed by atoms with Gasteiger partial charge in [0.25, 0.3) is 0 Å². The van der Waals surface area contributed by atoms with E-state index in [-0.39, 0.29) is 5.78 Å². The Morgan fingerprint density at radius 1 is 1.12 bits per heavy atom. The molecule has 1 aliphatic rings. The van der Waals surface area contributed by atoms with Gasteiger partial charge in [0, 0.05) is 23.5 Å². The Kier molecular flexibility index (Phi) is 5.59. The highest BCUT2D eigenvalue weighted by Crippen LogP contribution is 2.24. The average Bonchev–Trinajstić information content (AvgIpc) is 2.60. The van der Waals surface area contributed by atoms with Crippen molar-refractivity contribution in [2.75, 3.05) is 23.7 Å². The van der Waals surface area contributed by atoms with Crippen LogP contribution in [-0.2, 0) is 0 Å². The molecule has 0 N–H and O–H groups in total. The number of Topliss-reactive ketones (excluding diaryl/α,β-unsaturated/α-hetero) is 1. The van der Waals surface area contributed by atoms with Gasteiger partial charge in [-0.2, -0.15) is 0 Å². The van der Waals surface area contributed by atoms with E-state index in [1.807, 2.05) is 32.0 Å². The molecule has 0 bridgehead atoms. The summed E-state index contributed by atoms with van der Waals surface area (Å²) in [6, 6.07) is 14.3. The molecule has 0 unspecified atom stereocenters. The van der Waals surface area contributed by atoms with Crippen LogP contribution in [0.5, 0.6) is 0 Å². The summed E-state index contributed by atoms with van der Waals surface area (Å²) < 4.78 is 0. The van der Waals surface area contributed by atoms with E-state index in [4.69, 9.17) is 0 Å². The van der Waals surface area contributed by atoms with Crippen LogP contribution in [0.25, 0.3) is 0 Å². The Morgan fingerprint density at radius 3 is 2.60 bits per heavy atom. The molecule has 4 heteroatoms. The Labute approximate surface area is 154 Å². The molecule has 0 atom stereocenters. The van der Waals surface area contributed by atoms with Crippen LogP contribution < -0.4 is 4.90 Å². The molecule has 1 heterocycles. The first-order chi connectivity index (χ1) is 12.0. The summed E-state index contributed by atoms with van der Waals surface area (Å²) >= 11 is 1.74. The molecule has 0 fully saturated rings. The number of ketones is 1. The first-order valence-electron chi connectivity index (χ1n) is 8.66. The summed E-state index contributed by atoms with van der Waals surface area (Å²) in [7, 11) is 0. The van der Waals surface area contributed by atoms with Crippen molar-refractivity contribution in [1.29, 1.82) is 0 Å². The number of hydrogen-bond acceptors (Lipinski definition) is 4. The van der Waals surface area contributed by atoms with Gasteiger partial charge in [0.1, 0.15) is 0 Å². The number of benzene rings is 2. The molecule has 0 spiro atoms. The Hall–Kier alpha value is -2.07. The van der Waals surface area contributed by atoms with Crippen LogP contribution in [0.1, 0.15) is 33.5 Å². The number of aliphatic imine (C=N–C) groups is 1. The number of nitrogens with zero attached hydrogens (tertiary/aromatic N) is 2. The van der Waals surface area contributed by atoms with Crippen molar-refractivity contribution in [3.05, 3.63) is 64.7 Å². The molecule has 2 aromatic carbocycles. The van der Waals surface area contributed by atoms with Gasteiger partial charge in [-0.15, -0.1) is 0 Å². The zero-order valence-electron chi connectivity index (χ0n) is 15.1. The van der Waals surface area contributed by atoms with Gasteiger partial charge in [-0.05, 0) is 50.5 Å². The zero-order valence-corrected chi connectivity index (χ0v) is 15.9. The minimum absolute atomic E-state index is 0.132. The van der Waals surface area contributed by atoms with Gasteiger partial charge in [0.05, 0.1) is 6.54 Å². The molecule has 0 radical (unpaired) electrons. The minimum Gasteiger partial charge on any atom is -0.313 e. The summed E-state index contributed by atoms with van der Waals surface area (Å²) in [4.78, 5) is 19.7. The lowest BCUT2D eigenvalue weighted by Crippen LogP contribution is -2.35. The van der Waals surface area contributed by atoms with Gasteiger partial charge in [-0.1, -0.05) is 47.7 Å². The normalized spacial score (nSPS) is 14.1. The van der Waals surface area contributed by atoms with E-state index in [9.17, 15) is 4.79 Å². The molecule has 3 rings (SSSR count). The van der Waals surface area contributed by atoms with Crippen LogP contribution in [0.4, 0.5) is 5.69 Å². The quantitative estimate of drug-likeness (QED) is 0.741. The van der Waals surface area contributed by atoms with Crippen molar-refractivity contribution in [3.8, 4) is 0 Å². The fraction of sp³-hybridized carbons (Fsp3) is 0.333. The highest BCUT2D eigenvalue weighted by atomic mass is 32.2. The number of aryl methyl sites for hydroxylation is 3. The van der Waals surface area contributed by atoms with E-state index < -0.39 is 0 Å². The lowest BCUT2D eigenvalue weighted by atomic mass is 10.0. The summed E-state index contributed by atoms with van der Waals surface area (Å²) in [6.45, 7) is 7.28. The van der Waals surface area contributed by atoms with Gasteiger partial charge in [-0.3, -0.25) is 9.79 Å². The third kappa shape index (κ3) is 4.31. The molecule has 0 amide bonds. The lowest BCUT2D eigenvalue weighted by molar-refractivity contribution is 0.100. The Bertz CT molecular complexity index is 813. The molecular formula is C21H24N2OS. The van der Waals surface area contributed by atoms with E-state index in [0.29, 0.717) is 6.54 Å². The molecule has 1 aliphatic heterocycles. The van der Waals surface area contributed by atoms with Crippen molar-refractivity contribution >= 4 is 28.4 Å². The Balaban J connectivity index is 1.91. The minimum atomic E-state index is 0.132. The largest absolute Gasteiger partial charge is 0.313 e. The van der Waals surface area contributed by atoms with E-state index in [0.717, 1.165) is 40.7 Å². The van der Waals surface area contributed by atoms with Gasteiger partial charge >= 0.3 is 0 Å². The van der Waals surface area contributed by atoms with Crippen LogP contribution in [0, 0.1) is 20.8 Å². The summed E-state index contributed by atoms with van der Waals surface area (Å²) in [5, 5.41) is 0.954. The van der Waals surface area contributed by atoms with Crippen LogP contribution in [0.15, 0.2) is 47.5 Å². The van der Waals surface area contributed by atoms with Crippen molar-refractivity contribution in [3.63, 3.8) is 0 Å². The van der Waals surface area contributed by atoms with Crippen LogP contribution in [0.2, 0.25) is 0 Å². The third-order valence-corrected chi connectivity index (χ3v) is 5.41.